The molecule has 0 rings (SSSR count). The lowest BCUT2D eigenvalue weighted by molar-refractivity contribution is -0.147. The van der Waals surface area contributed by atoms with Crippen LogP contribution >= 0.6 is 7.82 Å². The van der Waals surface area contributed by atoms with Crippen molar-refractivity contribution in [2.75, 3.05) is 26.4 Å². The molecule has 1 amide bonds. The number of ether oxygens (including phenoxy) is 1. The summed E-state index contributed by atoms with van der Waals surface area (Å²) in [6.07, 6.45) is 47.3. The number of phosphoric acid groups is 1. The van der Waals surface area contributed by atoms with Gasteiger partial charge in [-0.05, 0) is 38.5 Å². The van der Waals surface area contributed by atoms with Crippen molar-refractivity contribution in [3.8, 4) is 0 Å². The summed E-state index contributed by atoms with van der Waals surface area (Å²) in [5.41, 5.74) is 0. The number of amides is 1. The number of aliphatic hydroxyl groups is 1. The van der Waals surface area contributed by atoms with Crippen LogP contribution in [-0.2, 0) is 27.9 Å². The second kappa shape index (κ2) is 44.3. The zero-order valence-electron chi connectivity index (χ0n) is 37.3. The molecule has 338 valence electrons. The lowest BCUT2D eigenvalue weighted by Gasteiger charge is -2.15. The summed E-state index contributed by atoms with van der Waals surface area (Å²) < 4.78 is 26.9. The predicted octanol–water partition coefficient (Wildman–Crippen LogP) is 13.8. The number of hydrogen-bond acceptors (Lipinski definition) is 7. The largest absolute Gasteiger partial charge is 0.472 e. The van der Waals surface area contributed by atoms with Gasteiger partial charge in [0.25, 0.3) is 0 Å². The molecule has 0 saturated carbocycles. The molecule has 0 spiro atoms. The standard InChI is InChI=1S/C47H92NO8P/c1-3-5-7-9-11-13-15-17-18-19-20-21-22-23-24-25-26-27-28-30-32-34-36-38-40-47(51)54-43-45(49)44-56-57(52,53)55-42-41-48-46(50)39-37-35-33-31-29-16-14-12-10-8-6-4-2/h12,14,45,49H,3-11,13,15-44H2,1-2H3,(H,48,50)(H,52,53)/b14-12-. The summed E-state index contributed by atoms with van der Waals surface area (Å²) in [6.45, 7) is 3.56. The highest BCUT2D eigenvalue weighted by atomic mass is 31.2. The van der Waals surface area contributed by atoms with Crippen molar-refractivity contribution in [2.24, 2.45) is 0 Å². The molecule has 0 radical (unpaired) electrons. The quantitative estimate of drug-likeness (QED) is 0.0239. The van der Waals surface area contributed by atoms with E-state index in [1.807, 2.05) is 0 Å². The van der Waals surface area contributed by atoms with Gasteiger partial charge in [-0.3, -0.25) is 18.6 Å². The molecule has 2 atom stereocenters. The number of carbonyl (C=O) groups is 2. The summed E-state index contributed by atoms with van der Waals surface area (Å²) in [6, 6.07) is 0. The van der Waals surface area contributed by atoms with Crippen molar-refractivity contribution >= 4 is 19.7 Å². The maximum absolute atomic E-state index is 12.1. The number of allylic oxidation sites excluding steroid dienone is 2. The summed E-state index contributed by atoms with van der Waals surface area (Å²) in [5, 5.41) is 12.7. The van der Waals surface area contributed by atoms with Crippen molar-refractivity contribution in [3.05, 3.63) is 12.2 Å². The van der Waals surface area contributed by atoms with E-state index in [1.165, 1.54) is 167 Å². The van der Waals surface area contributed by atoms with Gasteiger partial charge in [0.2, 0.25) is 5.91 Å². The van der Waals surface area contributed by atoms with Crippen LogP contribution in [0.4, 0.5) is 0 Å². The molecule has 10 heteroatoms. The van der Waals surface area contributed by atoms with Crippen molar-refractivity contribution in [3.63, 3.8) is 0 Å². The summed E-state index contributed by atoms with van der Waals surface area (Å²) in [5.74, 6) is -0.515. The van der Waals surface area contributed by atoms with Crippen molar-refractivity contribution in [1.82, 2.24) is 5.32 Å². The van der Waals surface area contributed by atoms with Crippen LogP contribution < -0.4 is 5.32 Å². The highest BCUT2D eigenvalue weighted by Crippen LogP contribution is 2.42. The smallest absolute Gasteiger partial charge is 0.463 e. The van der Waals surface area contributed by atoms with E-state index in [0.29, 0.717) is 6.42 Å². The molecule has 0 aromatic heterocycles. The molecule has 0 fully saturated rings. The first kappa shape index (κ1) is 55.8. The number of aliphatic hydroxyl groups excluding tert-OH is 1. The van der Waals surface area contributed by atoms with Gasteiger partial charge in [-0.25, -0.2) is 4.57 Å². The summed E-state index contributed by atoms with van der Waals surface area (Å²) in [4.78, 5) is 33.9. The van der Waals surface area contributed by atoms with E-state index in [0.717, 1.165) is 51.4 Å². The predicted molar refractivity (Wildman–Crippen MR) is 238 cm³/mol. The molecule has 0 heterocycles. The van der Waals surface area contributed by atoms with Gasteiger partial charge in [0.15, 0.2) is 0 Å². The van der Waals surface area contributed by atoms with Crippen molar-refractivity contribution in [2.45, 2.75) is 251 Å². The molecule has 0 aliphatic carbocycles. The number of nitrogens with one attached hydrogen (secondary N) is 1. The number of phosphoric ester groups is 1. The fourth-order valence-corrected chi connectivity index (χ4v) is 7.78. The molecule has 57 heavy (non-hydrogen) atoms. The average molecular weight is 830 g/mol. The molecule has 0 aromatic rings. The Hall–Kier alpha value is -1.25. The first-order valence-corrected chi connectivity index (χ1v) is 25.7. The van der Waals surface area contributed by atoms with Crippen LogP contribution in [-0.4, -0.2) is 54.3 Å². The first-order chi connectivity index (χ1) is 27.8. The van der Waals surface area contributed by atoms with Gasteiger partial charge in [0.05, 0.1) is 13.2 Å². The molecular weight excluding hydrogens is 737 g/mol. The van der Waals surface area contributed by atoms with E-state index in [1.54, 1.807) is 0 Å². The van der Waals surface area contributed by atoms with Crippen molar-refractivity contribution < 1.29 is 37.9 Å². The van der Waals surface area contributed by atoms with Crippen molar-refractivity contribution in [1.29, 1.82) is 0 Å². The SMILES string of the molecule is CCCCC/C=C\CCCCCCCC(=O)NCCOP(=O)(O)OCC(O)COC(=O)CCCCCCCCCCCCCCCCCCCCCCCCCC. The third kappa shape index (κ3) is 45.7. The molecule has 0 bridgehead atoms. The molecule has 9 nitrogen and oxygen atoms in total. The molecule has 3 N–H and O–H groups in total. The van der Waals surface area contributed by atoms with Gasteiger partial charge in [-0.2, -0.15) is 0 Å². The highest BCUT2D eigenvalue weighted by Gasteiger charge is 2.23. The fourth-order valence-electron chi connectivity index (χ4n) is 7.02. The molecule has 0 aliphatic rings. The van der Waals surface area contributed by atoms with Crippen LogP contribution in [0.15, 0.2) is 12.2 Å². The maximum atomic E-state index is 12.1. The maximum Gasteiger partial charge on any atom is 0.472 e. The van der Waals surface area contributed by atoms with Gasteiger partial charge >= 0.3 is 13.8 Å². The third-order valence-corrected chi connectivity index (χ3v) is 11.7. The van der Waals surface area contributed by atoms with Crippen LogP contribution in [0.3, 0.4) is 0 Å². The minimum atomic E-state index is -4.41. The van der Waals surface area contributed by atoms with Crippen LogP contribution in [0.25, 0.3) is 0 Å². The van der Waals surface area contributed by atoms with Crippen LogP contribution in [0.2, 0.25) is 0 Å². The van der Waals surface area contributed by atoms with Gasteiger partial charge in [0, 0.05) is 19.4 Å². The Morgan fingerprint density at radius 1 is 0.526 bits per heavy atom. The normalized spacial score (nSPS) is 13.3. The zero-order chi connectivity index (χ0) is 41.8. The monoisotopic (exact) mass is 830 g/mol. The number of esters is 1. The van der Waals surface area contributed by atoms with E-state index >= 15 is 0 Å². The minimum Gasteiger partial charge on any atom is -0.463 e. The van der Waals surface area contributed by atoms with Gasteiger partial charge in [0.1, 0.15) is 12.7 Å². The molecule has 0 saturated heterocycles. The van der Waals surface area contributed by atoms with Crippen LogP contribution in [0.5, 0.6) is 0 Å². The summed E-state index contributed by atoms with van der Waals surface area (Å²) >= 11 is 0. The van der Waals surface area contributed by atoms with Crippen LogP contribution in [0, 0.1) is 0 Å². The number of unbranched alkanes of at least 4 members (excludes halogenated alkanes) is 31. The van der Waals surface area contributed by atoms with Gasteiger partial charge < -0.3 is 20.1 Å². The first-order valence-electron chi connectivity index (χ1n) is 24.2. The third-order valence-electron chi connectivity index (χ3n) is 10.7. The zero-order valence-corrected chi connectivity index (χ0v) is 38.2. The number of rotatable bonds is 46. The second-order valence-corrected chi connectivity index (χ2v) is 17.9. The highest BCUT2D eigenvalue weighted by molar-refractivity contribution is 7.47. The Kier molecular flexibility index (Phi) is 43.3. The molecule has 0 aromatic carbocycles. The Balaban J connectivity index is 3.50. The Morgan fingerprint density at radius 2 is 0.895 bits per heavy atom. The number of carbonyl (C=O) groups excluding carboxylic acids is 2. The lowest BCUT2D eigenvalue weighted by atomic mass is 10.0. The van der Waals surface area contributed by atoms with E-state index < -0.39 is 26.5 Å². The fraction of sp³-hybridized carbons (Fsp3) is 0.915. The second-order valence-electron chi connectivity index (χ2n) is 16.4. The topological polar surface area (TPSA) is 131 Å². The molecular formula is C47H92NO8P. The van der Waals surface area contributed by atoms with Crippen LogP contribution in [0.1, 0.15) is 245 Å². The number of hydrogen-bond donors (Lipinski definition) is 3. The lowest BCUT2D eigenvalue weighted by Crippen LogP contribution is -2.27. The average Bonchev–Trinajstić information content (AvgIpc) is 3.20. The van der Waals surface area contributed by atoms with E-state index in [9.17, 15) is 24.2 Å². The van der Waals surface area contributed by atoms with Gasteiger partial charge in [-0.1, -0.05) is 206 Å². The minimum absolute atomic E-state index is 0.0805. The Bertz CT molecular complexity index is 948. The Morgan fingerprint density at radius 3 is 1.35 bits per heavy atom. The van der Waals surface area contributed by atoms with E-state index in [2.05, 4.69) is 31.3 Å². The van der Waals surface area contributed by atoms with Gasteiger partial charge in [-0.15, -0.1) is 0 Å². The Labute approximate surface area is 351 Å². The van der Waals surface area contributed by atoms with E-state index in [4.69, 9.17) is 13.8 Å². The summed E-state index contributed by atoms with van der Waals surface area (Å²) in [7, 11) is -4.41. The molecule has 2 unspecified atom stereocenters. The van der Waals surface area contributed by atoms with E-state index in [-0.39, 0.29) is 32.1 Å². The molecule has 0 aliphatic heterocycles.